The molecule has 0 atom stereocenters. The molecule has 2 amide bonds. The molecule has 0 spiro atoms. The number of carbonyl (C=O) groups excluding carboxylic acids is 2. The Morgan fingerprint density at radius 3 is 2.30 bits per heavy atom. The van der Waals surface area contributed by atoms with Gasteiger partial charge in [0.15, 0.2) is 0 Å². The zero-order valence-electron chi connectivity index (χ0n) is 17.6. The van der Waals surface area contributed by atoms with Crippen molar-refractivity contribution in [1.82, 2.24) is 4.31 Å². The average Bonchev–Trinajstić information content (AvgIpc) is 2.97. The van der Waals surface area contributed by atoms with E-state index < -0.39 is 15.9 Å². The normalized spacial score (nSPS) is 15.9. The van der Waals surface area contributed by atoms with Crippen LogP contribution in [0.3, 0.4) is 0 Å². The molecule has 0 bridgehead atoms. The number of amides is 2. The van der Waals surface area contributed by atoms with Crippen LogP contribution in [0.5, 0.6) is 0 Å². The maximum absolute atomic E-state index is 13.0. The molecule has 162 valence electrons. The Morgan fingerprint density at radius 1 is 1.10 bits per heavy atom. The zero-order valence-corrected chi connectivity index (χ0v) is 19.2. The highest BCUT2D eigenvalue weighted by Crippen LogP contribution is 2.33. The van der Waals surface area contributed by atoms with Crippen LogP contribution in [0.25, 0.3) is 0 Å². The molecule has 1 aromatic carbocycles. The third kappa shape index (κ3) is 4.28. The fourth-order valence-corrected chi connectivity index (χ4v) is 6.23. The largest absolute Gasteiger partial charge is 0.365 e. The number of aryl methyl sites for hydroxylation is 3. The zero-order chi connectivity index (χ0) is 22.2. The maximum Gasteiger partial charge on any atom is 0.251 e. The molecule has 30 heavy (non-hydrogen) atoms. The molecule has 3 N–H and O–H groups in total. The third-order valence-electron chi connectivity index (χ3n) is 5.81. The van der Waals surface area contributed by atoms with Crippen LogP contribution in [0.1, 0.15) is 44.8 Å². The van der Waals surface area contributed by atoms with Gasteiger partial charge in [-0.15, -0.1) is 11.3 Å². The standard InChI is InChI=1S/C21H27N3O4S2/c1-12-5-6-17(11-13(12)2)30(27,28)24-9-7-16(8-10-24)20(26)23-21-18(19(22)25)14(3)15(4)29-21/h5-6,11,16H,7-10H2,1-4H3,(H2,22,25)(H,23,26). The molecule has 1 aliphatic rings. The van der Waals surface area contributed by atoms with Crippen LogP contribution in [0, 0.1) is 33.6 Å². The van der Waals surface area contributed by atoms with Gasteiger partial charge < -0.3 is 11.1 Å². The minimum atomic E-state index is -3.59. The minimum Gasteiger partial charge on any atom is -0.365 e. The molecule has 0 saturated carbocycles. The van der Waals surface area contributed by atoms with Gasteiger partial charge in [-0.1, -0.05) is 6.07 Å². The number of carbonyl (C=O) groups is 2. The summed E-state index contributed by atoms with van der Waals surface area (Å²) in [4.78, 5) is 25.7. The number of nitrogens with two attached hydrogens (primary N) is 1. The van der Waals surface area contributed by atoms with Crippen LogP contribution in [0.2, 0.25) is 0 Å². The summed E-state index contributed by atoms with van der Waals surface area (Å²) in [6, 6.07) is 5.13. The number of anilines is 1. The Bertz CT molecular complexity index is 1100. The molecule has 7 nitrogen and oxygen atoms in total. The van der Waals surface area contributed by atoms with Gasteiger partial charge in [-0.3, -0.25) is 9.59 Å². The fourth-order valence-electron chi connectivity index (χ4n) is 3.61. The van der Waals surface area contributed by atoms with Crippen molar-refractivity contribution < 1.29 is 18.0 Å². The summed E-state index contributed by atoms with van der Waals surface area (Å²) in [5.41, 5.74) is 8.56. The highest BCUT2D eigenvalue weighted by molar-refractivity contribution is 7.89. The van der Waals surface area contributed by atoms with Crippen molar-refractivity contribution in [3.63, 3.8) is 0 Å². The number of nitrogens with zero attached hydrogens (tertiary/aromatic N) is 1. The Hall–Kier alpha value is -2.23. The van der Waals surface area contributed by atoms with Gasteiger partial charge in [0.2, 0.25) is 15.9 Å². The Morgan fingerprint density at radius 2 is 1.73 bits per heavy atom. The second kappa shape index (κ2) is 8.49. The molecule has 1 aromatic heterocycles. The predicted octanol–water partition coefficient (Wildman–Crippen LogP) is 3.12. The molecule has 1 aliphatic heterocycles. The lowest BCUT2D eigenvalue weighted by molar-refractivity contribution is -0.120. The number of hydrogen-bond donors (Lipinski definition) is 2. The Kier molecular flexibility index (Phi) is 6.35. The predicted molar refractivity (Wildman–Crippen MR) is 118 cm³/mol. The van der Waals surface area contributed by atoms with Crippen molar-refractivity contribution in [2.24, 2.45) is 11.7 Å². The lowest BCUT2D eigenvalue weighted by Gasteiger charge is -2.30. The molecule has 2 heterocycles. The van der Waals surface area contributed by atoms with Crippen LogP contribution < -0.4 is 11.1 Å². The molecular weight excluding hydrogens is 422 g/mol. The van der Waals surface area contributed by atoms with Gasteiger partial charge in [-0.25, -0.2) is 8.42 Å². The van der Waals surface area contributed by atoms with Gasteiger partial charge in [0, 0.05) is 23.9 Å². The summed E-state index contributed by atoms with van der Waals surface area (Å²) in [5.74, 6) is -1.09. The molecule has 2 aromatic rings. The van der Waals surface area contributed by atoms with Crippen molar-refractivity contribution in [1.29, 1.82) is 0 Å². The van der Waals surface area contributed by atoms with Crippen molar-refractivity contribution in [2.75, 3.05) is 18.4 Å². The van der Waals surface area contributed by atoms with E-state index in [2.05, 4.69) is 5.32 Å². The number of hydrogen-bond acceptors (Lipinski definition) is 5. The molecule has 9 heteroatoms. The summed E-state index contributed by atoms with van der Waals surface area (Å²) in [6.45, 7) is 8.06. The van der Waals surface area contributed by atoms with Crippen LogP contribution >= 0.6 is 11.3 Å². The van der Waals surface area contributed by atoms with Gasteiger partial charge in [0.05, 0.1) is 10.5 Å². The van der Waals surface area contributed by atoms with Crippen molar-refractivity contribution >= 4 is 38.2 Å². The monoisotopic (exact) mass is 449 g/mol. The number of primary amides is 1. The smallest absolute Gasteiger partial charge is 0.251 e. The van der Waals surface area contributed by atoms with Gasteiger partial charge in [0.1, 0.15) is 5.00 Å². The van der Waals surface area contributed by atoms with Crippen molar-refractivity contribution in [2.45, 2.75) is 45.4 Å². The topological polar surface area (TPSA) is 110 Å². The quantitative estimate of drug-likeness (QED) is 0.731. The summed E-state index contributed by atoms with van der Waals surface area (Å²) in [7, 11) is -3.59. The van der Waals surface area contributed by atoms with Crippen LogP contribution in [0.4, 0.5) is 5.00 Å². The SMILES string of the molecule is Cc1ccc(S(=O)(=O)N2CCC(C(=O)Nc3sc(C)c(C)c3C(N)=O)CC2)cc1C. The molecule has 0 aliphatic carbocycles. The van der Waals surface area contributed by atoms with Gasteiger partial charge in [0.25, 0.3) is 5.91 Å². The molecule has 0 radical (unpaired) electrons. The first-order valence-corrected chi connectivity index (χ1v) is 12.1. The second-order valence-corrected chi connectivity index (χ2v) is 10.9. The second-order valence-electron chi connectivity index (χ2n) is 7.77. The van der Waals surface area contributed by atoms with Gasteiger partial charge in [-0.2, -0.15) is 4.31 Å². The minimum absolute atomic E-state index is 0.207. The number of thiophene rings is 1. The Balaban J connectivity index is 1.68. The fraction of sp³-hybridized carbons (Fsp3) is 0.429. The van der Waals surface area contributed by atoms with E-state index in [9.17, 15) is 18.0 Å². The number of sulfonamides is 1. The highest BCUT2D eigenvalue weighted by atomic mass is 32.2. The van der Waals surface area contributed by atoms with E-state index in [0.29, 0.717) is 23.4 Å². The number of benzene rings is 1. The summed E-state index contributed by atoms with van der Waals surface area (Å²) < 4.78 is 27.3. The first kappa shape index (κ1) is 22.5. The van der Waals surface area contributed by atoms with Crippen molar-refractivity contribution in [3.8, 4) is 0 Å². The van der Waals surface area contributed by atoms with E-state index in [-0.39, 0.29) is 29.8 Å². The molecule has 3 rings (SSSR count). The van der Waals surface area contributed by atoms with Crippen LogP contribution in [-0.2, 0) is 14.8 Å². The molecule has 1 fully saturated rings. The van der Waals surface area contributed by atoms with Crippen LogP contribution in [0.15, 0.2) is 23.1 Å². The summed E-state index contributed by atoms with van der Waals surface area (Å²) in [5, 5.41) is 3.30. The summed E-state index contributed by atoms with van der Waals surface area (Å²) in [6.07, 6.45) is 0.844. The first-order valence-electron chi connectivity index (χ1n) is 9.80. The van der Waals surface area contributed by atoms with Crippen molar-refractivity contribution in [3.05, 3.63) is 45.3 Å². The van der Waals surface area contributed by atoms with E-state index in [4.69, 9.17) is 5.73 Å². The lowest BCUT2D eigenvalue weighted by Crippen LogP contribution is -2.41. The third-order valence-corrected chi connectivity index (χ3v) is 8.83. The van der Waals surface area contributed by atoms with E-state index in [0.717, 1.165) is 21.6 Å². The number of piperidine rings is 1. The number of nitrogens with one attached hydrogen (secondary N) is 1. The van der Waals surface area contributed by atoms with E-state index in [1.54, 1.807) is 19.1 Å². The van der Waals surface area contributed by atoms with Gasteiger partial charge in [-0.05, 0) is 69.4 Å². The van der Waals surface area contributed by atoms with E-state index in [1.165, 1.54) is 15.6 Å². The van der Waals surface area contributed by atoms with E-state index in [1.807, 2.05) is 26.8 Å². The van der Waals surface area contributed by atoms with Crippen LogP contribution in [-0.4, -0.2) is 37.6 Å². The average molecular weight is 450 g/mol. The summed E-state index contributed by atoms with van der Waals surface area (Å²) >= 11 is 1.33. The maximum atomic E-state index is 13.0. The number of rotatable bonds is 5. The molecule has 0 unspecified atom stereocenters. The lowest BCUT2D eigenvalue weighted by atomic mass is 9.97. The first-order chi connectivity index (χ1) is 14.0. The highest BCUT2D eigenvalue weighted by Gasteiger charge is 2.33. The molecule has 1 saturated heterocycles. The van der Waals surface area contributed by atoms with Gasteiger partial charge >= 0.3 is 0 Å². The Labute approximate surface area is 181 Å². The molecular formula is C21H27N3O4S2. The van der Waals surface area contributed by atoms with E-state index >= 15 is 0 Å².